The summed E-state index contributed by atoms with van der Waals surface area (Å²) in [7, 11) is 0. The van der Waals surface area contributed by atoms with Gasteiger partial charge in [0.05, 0.1) is 5.69 Å². The summed E-state index contributed by atoms with van der Waals surface area (Å²) in [6, 6.07) is 13.6. The standard InChI is InChI=1S/C18H21BrFN/c1-3-4-6-14-9-11-15(12-10-14)13(2)21-18-16(19)7-5-8-17(18)20/h5,7-13,21H,3-4,6H2,1-2H3. The average Bonchev–Trinajstić information content (AvgIpc) is 2.49. The van der Waals surface area contributed by atoms with Gasteiger partial charge in [0, 0.05) is 10.5 Å². The molecular formula is C18H21BrFN. The Balaban J connectivity index is 2.08. The van der Waals surface area contributed by atoms with Crippen LogP contribution in [0, 0.1) is 5.82 Å². The molecule has 2 aromatic rings. The minimum absolute atomic E-state index is 0.0541. The molecule has 0 aromatic heterocycles. The zero-order valence-electron chi connectivity index (χ0n) is 12.5. The highest BCUT2D eigenvalue weighted by molar-refractivity contribution is 9.10. The molecule has 112 valence electrons. The predicted molar refractivity (Wildman–Crippen MR) is 91.2 cm³/mol. The molecule has 1 atom stereocenters. The van der Waals surface area contributed by atoms with Gasteiger partial charge in [-0.3, -0.25) is 0 Å². The molecule has 0 bridgehead atoms. The van der Waals surface area contributed by atoms with Crippen LogP contribution in [0.25, 0.3) is 0 Å². The lowest BCUT2D eigenvalue weighted by Gasteiger charge is -2.18. The molecule has 2 rings (SSSR count). The van der Waals surface area contributed by atoms with Gasteiger partial charge in [-0.05, 0) is 59.0 Å². The number of nitrogens with one attached hydrogen (secondary N) is 1. The highest BCUT2D eigenvalue weighted by Gasteiger charge is 2.11. The zero-order chi connectivity index (χ0) is 15.2. The van der Waals surface area contributed by atoms with Gasteiger partial charge in [-0.25, -0.2) is 4.39 Å². The fourth-order valence-corrected chi connectivity index (χ4v) is 2.75. The maximum atomic E-state index is 13.8. The van der Waals surface area contributed by atoms with Crippen LogP contribution in [0.5, 0.6) is 0 Å². The van der Waals surface area contributed by atoms with Crippen molar-refractivity contribution in [2.45, 2.75) is 39.2 Å². The van der Waals surface area contributed by atoms with E-state index in [0.29, 0.717) is 5.69 Å². The van der Waals surface area contributed by atoms with Crippen molar-refractivity contribution in [2.24, 2.45) is 0 Å². The smallest absolute Gasteiger partial charge is 0.147 e. The highest BCUT2D eigenvalue weighted by Crippen LogP contribution is 2.29. The zero-order valence-corrected chi connectivity index (χ0v) is 14.1. The number of hydrogen-bond acceptors (Lipinski definition) is 1. The van der Waals surface area contributed by atoms with Gasteiger partial charge in [-0.2, -0.15) is 0 Å². The van der Waals surface area contributed by atoms with Crippen LogP contribution < -0.4 is 5.32 Å². The molecule has 1 nitrogen and oxygen atoms in total. The van der Waals surface area contributed by atoms with E-state index in [4.69, 9.17) is 0 Å². The second-order valence-corrected chi connectivity index (χ2v) is 6.16. The van der Waals surface area contributed by atoms with Crippen molar-refractivity contribution in [2.75, 3.05) is 5.32 Å². The fraction of sp³-hybridized carbons (Fsp3) is 0.333. The molecule has 21 heavy (non-hydrogen) atoms. The Bertz CT molecular complexity index is 560. The van der Waals surface area contributed by atoms with Gasteiger partial charge in [-0.15, -0.1) is 0 Å². The minimum Gasteiger partial charge on any atom is -0.375 e. The Labute approximate surface area is 134 Å². The molecule has 0 aliphatic rings. The van der Waals surface area contributed by atoms with Gasteiger partial charge in [-0.1, -0.05) is 43.7 Å². The van der Waals surface area contributed by atoms with E-state index < -0.39 is 0 Å². The number of aryl methyl sites for hydroxylation is 1. The third kappa shape index (κ3) is 4.31. The second-order valence-electron chi connectivity index (χ2n) is 5.31. The van der Waals surface area contributed by atoms with E-state index in [1.807, 2.05) is 13.0 Å². The average molecular weight is 350 g/mol. The summed E-state index contributed by atoms with van der Waals surface area (Å²) in [6.45, 7) is 4.24. The molecule has 0 saturated carbocycles. The van der Waals surface area contributed by atoms with Gasteiger partial charge < -0.3 is 5.32 Å². The second kappa shape index (κ2) is 7.60. The monoisotopic (exact) mass is 349 g/mol. The molecule has 0 heterocycles. The van der Waals surface area contributed by atoms with E-state index in [0.717, 1.165) is 16.5 Å². The largest absolute Gasteiger partial charge is 0.375 e. The van der Waals surface area contributed by atoms with Crippen molar-refractivity contribution in [3.8, 4) is 0 Å². The Morgan fingerprint density at radius 1 is 1.14 bits per heavy atom. The molecule has 0 aliphatic heterocycles. The van der Waals surface area contributed by atoms with Gasteiger partial charge >= 0.3 is 0 Å². The number of para-hydroxylation sites is 1. The third-order valence-electron chi connectivity index (χ3n) is 3.62. The Hall–Kier alpha value is -1.35. The Morgan fingerprint density at radius 2 is 1.86 bits per heavy atom. The first-order valence-electron chi connectivity index (χ1n) is 7.41. The lowest BCUT2D eigenvalue weighted by Crippen LogP contribution is -2.08. The first-order chi connectivity index (χ1) is 10.1. The Morgan fingerprint density at radius 3 is 2.48 bits per heavy atom. The maximum Gasteiger partial charge on any atom is 0.147 e. The molecule has 1 N–H and O–H groups in total. The van der Waals surface area contributed by atoms with Crippen LogP contribution >= 0.6 is 15.9 Å². The molecule has 0 fully saturated rings. The minimum atomic E-state index is -0.240. The van der Waals surface area contributed by atoms with E-state index in [-0.39, 0.29) is 11.9 Å². The molecule has 2 aromatic carbocycles. The van der Waals surface area contributed by atoms with E-state index in [1.165, 1.54) is 24.5 Å². The van der Waals surface area contributed by atoms with Crippen molar-refractivity contribution >= 4 is 21.6 Å². The first-order valence-corrected chi connectivity index (χ1v) is 8.20. The summed E-state index contributed by atoms with van der Waals surface area (Å²) in [6.07, 6.45) is 3.55. The summed E-state index contributed by atoms with van der Waals surface area (Å²) >= 11 is 3.39. The van der Waals surface area contributed by atoms with E-state index >= 15 is 0 Å². The molecule has 0 radical (unpaired) electrons. The number of rotatable bonds is 6. The maximum absolute atomic E-state index is 13.8. The lowest BCUT2D eigenvalue weighted by molar-refractivity contribution is 0.626. The fourth-order valence-electron chi connectivity index (χ4n) is 2.29. The number of unbranched alkanes of at least 4 members (excludes halogenated alkanes) is 1. The van der Waals surface area contributed by atoms with Crippen molar-refractivity contribution < 1.29 is 4.39 Å². The lowest BCUT2D eigenvalue weighted by atomic mass is 10.0. The van der Waals surface area contributed by atoms with Crippen molar-refractivity contribution in [3.05, 3.63) is 63.9 Å². The van der Waals surface area contributed by atoms with E-state index in [9.17, 15) is 4.39 Å². The van der Waals surface area contributed by atoms with Crippen molar-refractivity contribution in [3.63, 3.8) is 0 Å². The van der Waals surface area contributed by atoms with E-state index in [1.54, 1.807) is 6.07 Å². The van der Waals surface area contributed by atoms with Crippen molar-refractivity contribution in [1.29, 1.82) is 0 Å². The first kappa shape index (κ1) is 16.0. The number of halogens is 2. The summed E-state index contributed by atoms with van der Waals surface area (Å²) in [5.41, 5.74) is 3.03. The molecule has 0 spiro atoms. The summed E-state index contributed by atoms with van der Waals surface area (Å²) < 4.78 is 14.6. The SMILES string of the molecule is CCCCc1ccc(C(C)Nc2c(F)cccc2Br)cc1. The number of hydrogen-bond donors (Lipinski definition) is 1. The molecule has 0 saturated heterocycles. The van der Waals surface area contributed by atoms with Gasteiger partial charge in [0.25, 0.3) is 0 Å². The van der Waals surface area contributed by atoms with Crippen LogP contribution in [-0.4, -0.2) is 0 Å². The van der Waals surface area contributed by atoms with Crippen LogP contribution in [0.15, 0.2) is 46.9 Å². The molecular weight excluding hydrogens is 329 g/mol. The van der Waals surface area contributed by atoms with Crippen LogP contribution in [0.3, 0.4) is 0 Å². The van der Waals surface area contributed by atoms with Crippen LogP contribution in [0.2, 0.25) is 0 Å². The molecule has 1 unspecified atom stereocenters. The molecule has 3 heteroatoms. The van der Waals surface area contributed by atoms with Gasteiger partial charge in [0.2, 0.25) is 0 Å². The normalized spacial score (nSPS) is 12.2. The van der Waals surface area contributed by atoms with E-state index in [2.05, 4.69) is 52.4 Å². The predicted octanol–water partition coefficient (Wildman–Crippen LogP) is 6.10. The third-order valence-corrected chi connectivity index (χ3v) is 4.28. The topological polar surface area (TPSA) is 12.0 Å². The Kier molecular flexibility index (Phi) is 5.80. The summed E-state index contributed by atoms with van der Waals surface area (Å²) in [5, 5.41) is 3.24. The quantitative estimate of drug-likeness (QED) is 0.663. The summed E-state index contributed by atoms with van der Waals surface area (Å²) in [4.78, 5) is 0. The number of anilines is 1. The number of benzene rings is 2. The van der Waals surface area contributed by atoms with Crippen molar-refractivity contribution in [1.82, 2.24) is 0 Å². The van der Waals surface area contributed by atoms with Gasteiger partial charge in [0.1, 0.15) is 5.82 Å². The molecule has 0 amide bonds. The van der Waals surface area contributed by atoms with Gasteiger partial charge in [0.15, 0.2) is 0 Å². The van der Waals surface area contributed by atoms with Crippen LogP contribution in [0.4, 0.5) is 10.1 Å². The van der Waals surface area contributed by atoms with Crippen LogP contribution in [-0.2, 0) is 6.42 Å². The highest BCUT2D eigenvalue weighted by atomic mass is 79.9. The summed E-state index contributed by atoms with van der Waals surface area (Å²) in [5.74, 6) is -0.240. The van der Waals surface area contributed by atoms with Crippen LogP contribution in [0.1, 0.15) is 43.9 Å². The molecule has 0 aliphatic carbocycles.